The summed E-state index contributed by atoms with van der Waals surface area (Å²) in [4.78, 5) is 15.2. The topological polar surface area (TPSA) is 17.1 Å². The van der Waals surface area contributed by atoms with Crippen molar-refractivity contribution in [3.05, 3.63) is 38.5 Å². The lowest BCUT2D eigenvalue weighted by Gasteiger charge is -1.96. The molecular formula is C12H8OS6. The van der Waals surface area contributed by atoms with Gasteiger partial charge in [0.15, 0.2) is 0 Å². The molecule has 0 N–H and O–H groups in total. The Morgan fingerprint density at radius 3 is 2.26 bits per heavy atom. The maximum Gasteiger partial charge on any atom is 0.252 e. The smallest absolute Gasteiger partial charge is 0.252 e. The largest absolute Gasteiger partial charge is 0.276 e. The zero-order valence-corrected chi connectivity index (χ0v) is 14.5. The fourth-order valence-electron chi connectivity index (χ4n) is 2.04. The molecule has 0 bridgehead atoms. The number of allylic oxidation sites excluding steroid dienone is 2. The SMILES string of the molecule is O=c1sc(=C2SC3=C(CCC3)S2)sc1=C1SC=CS1. The molecule has 98 valence electrons. The molecular weight excluding hydrogens is 353 g/mol. The molecule has 7 heteroatoms. The number of hydrogen-bond acceptors (Lipinski definition) is 7. The lowest BCUT2D eigenvalue weighted by Crippen LogP contribution is -2.14. The van der Waals surface area contributed by atoms with Crippen molar-refractivity contribution < 1.29 is 0 Å². The Kier molecular flexibility index (Phi) is 3.70. The Morgan fingerprint density at radius 2 is 1.58 bits per heavy atom. The normalized spacial score (nSPS) is 21.9. The highest BCUT2D eigenvalue weighted by atomic mass is 32.2. The first-order valence-corrected chi connectivity index (χ1v) is 10.8. The fourth-order valence-corrected chi connectivity index (χ4v) is 9.69. The summed E-state index contributed by atoms with van der Waals surface area (Å²) in [6.07, 6.45) is 3.77. The molecule has 0 saturated carbocycles. The highest BCUT2D eigenvalue weighted by molar-refractivity contribution is 8.36. The standard InChI is InChI=1S/C12H8OS6/c13-9-8(10-14-4-5-15-10)18-12(19-9)11-16-6-2-1-3-7(6)17-11/h4-5H,1-3H2. The van der Waals surface area contributed by atoms with Gasteiger partial charge in [0.05, 0.1) is 8.47 Å². The fraction of sp³-hybridized carbons (Fsp3) is 0.250. The molecule has 0 atom stereocenters. The molecule has 0 spiro atoms. The highest BCUT2D eigenvalue weighted by Crippen LogP contribution is 2.56. The van der Waals surface area contributed by atoms with Crippen molar-refractivity contribution >= 4 is 78.2 Å². The first kappa shape index (κ1) is 13.2. The minimum atomic E-state index is 0.222. The number of rotatable bonds is 0. The maximum atomic E-state index is 12.1. The molecule has 1 aliphatic carbocycles. The Labute approximate surface area is 135 Å². The van der Waals surface area contributed by atoms with E-state index in [2.05, 4.69) is 0 Å². The van der Waals surface area contributed by atoms with Crippen LogP contribution in [0.4, 0.5) is 0 Å². The van der Waals surface area contributed by atoms with Crippen LogP contribution >= 0.6 is 69.7 Å². The van der Waals surface area contributed by atoms with E-state index in [0.29, 0.717) is 0 Å². The van der Waals surface area contributed by atoms with Crippen LogP contribution in [0.15, 0.2) is 25.4 Å². The van der Waals surface area contributed by atoms with Gasteiger partial charge in [-0.25, -0.2) is 0 Å². The van der Waals surface area contributed by atoms with E-state index in [4.69, 9.17) is 0 Å². The second kappa shape index (κ2) is 5.35. The average molecular weight is 361 g/mol. The first-order chi connectivity index (χ1) is 9.31. The van der Waals surface area contributed by atoms with Gasteiger partial charge in [-0.05, 0) is 30.1 Å². The molecule has 0 saturated heterocycles. The van der Waals surface area contributed by atoms with Gasteiger partial charge in [0.2, 0.25) is 0 Å². The van der Waals surface area contributed by atoms with Crippen LogP contribution in [0.3, 0.4) is 0 Å². The van der Waals surface area contributed by atoms with Crippen LogP contribution in [0.25, 0.3) is 8.47 Å². The maximum absolute atomic E-state index is 12.1. The lowest BCUT2D eigenvalue weighted by molar-refractivity contribution is 0.921. The molecule has 0 amide bonds. The quantitative estimate of drug-likeness (QED) is 0.690. The number of hydrogen-bond donors (Lipinski definition) is 0. The van der Waals surface area contributed by atoms with Gasteiger partial charge in [-0.2, -0.15) is 0 Å². The molecule has 2 aliphatic heterocycles. The Hall–Kier alpha value is 0.470. The molecule has 0 aromatic carbocycles. The summed E-state index contributed by atoms with van der Waals surface area (Å²) < 4.78 is 4.83. The van der Waals surface area contributed by atoms with Gasteiger partial charge >= 0.3 is 0 Å². The van der Waals surface area contributed by atoms with Gasteiger partial charge in [0.25, 0.3) is 4.74 Å². The van der Waals surface area contributed by atoms with Crippen LogP contribution in [0.2, 0.25) is 0 Å². The Morgan fingerprint density at radius 1 is 0.895 bits per heavy atom. The van der Waals surface area contributed by atoms with Crippen LogP contribution < -0.4 is 13.1 Å². The van der Waals surface area contributed by atoms with Crippen molar-refractivity contribution in [3.63, 3.8) is 0 Å². The van der Waals surface area contributed by atoms with E-state index in [1.54, 1.807) is 44.7 Å². The van der Waals surface area contributed by atoms with Crippen LogP contribution in [0, 0.1) is 0 Å². The summed E-state index contributed by atoms with van der Waals surface area (Å²) in [5.41, 5.74) is 0. The third-order valence-electron chi connectivity index (χ3n) is 2.87. The minimum absolute atomic E-state index is 0.222. The molecule has 0 fully saturated rings. The Balaban J connectivity index is 1.81. The molecule has 0 radical (unpaired) electrons. The summed E-state index contributed by atoms with van der Waals surface area (Å²) in [7, 11) is 0. The Bertz CT molecular complexity index is 750. The predicted molar refractivity (Wildman–Crippen MR) is 94.9 cm³/mol. The monoisotopic (exact) mass is 360 g/mol. The molecule has 1 nitrogen and oxygen atoms in total. The van der Waals surface area contributed by atoms with E-state index in [1.165, 1.54) is 38.7 Å². The molecule has 3 aliphatic rings. The summed E-state index contributed by atoms with van der Waals surface area (Å²) >= 11 is 10.2. The summed E-state index contributed by atoms with van der Waals surface area (Å²) in [5.74, 6) is 0. The molecule has 1 aromatic rings. The highest BCUT2D eigenvalue weighted by Gasteiger charge is 2.26. The van der Waals surface area contributed by atoms with Crippen LogP contribution in [0.1, 0.15) is 19.3 Å². The third-order valence-corrected chi connectivity index (χ3v) is 11.0. The van der Waals surface area contributed by atoms with Gasteiger partial charge in [0, 0.05) is 9.81 Å². The lowest BCUT2D eigenvalue weighted by atomic mass is 10.4. The van der Waals surface area contributed by atoms with Crippen molar-refractivity contribution in [2.24, 2.45) is 0 Å². The summed E-state index contributed by atoms with van der Waals surface area (Å²) in [6, 6.07) is 0. The molecule has 4 rings (SSSR count). The van der Waals surface area contributed by atoms with Gasteiger partial charge in [-0.1, -0.05) is 58.4 Å². The van der Waals surface area contributed by atoms with E-state index in [0.717, 1.165) is 8.77 Å². The van der Waals surface area contributed by atoms with Crippen molar-refractivity contribution in [2.45, 2.75) is 19.3 Å². The van der Waals surface area contributed by atoms with E-state index in [-0.39, 0.29) is 4.74 Å². The minimum Gasteiger partial charge on any atom is -0.276 e. The summed E-state index contributed by atoms with van der Waals surface area (Å²) in [5, 5.41) is 4.09. The second-order valence-electron chi connectivity index (χ2n) is 4.09. The van der Waals surface area contributed by atoms with Crippen molar-refractivity contribution in [1.29, 1.82) is 0 Å². The van der Waals surface area contributed by atoms with Crippen LogP contribution in [-0.4, -0.2) is 0 Å². The van der Waals surface area contributed by atoms with Gasteiger partial charge in [-0.3, -0.25) is 4.79 Å². The zero-order valence-electron chi connectivity index (χ0n) is 9.63. The van der Waals surface area contributed by atoms with Gasteiger partial charge in [0.1, 0.15) is 8.38 Å². The molecule has 1 aromatic heterocycles. The third kappa shape index (κ3) is 2.42. The van der Waals surface area contributed by atoms with Crippen molar-refractivity contribution in [3.8, 4) is 0 Å². The van der Waals surface area contributed by atoms with Crippen molar-refractivity contribution in [1.82, 2.24) is 0 Å². The van der Waals surface area contributed by atoms with E-state index < -0.39 is 0 Å². The molecule has 19 heavy (non-hydrogen) atoms. The predicted octanol–water partition coefficient (Wildman–Crippen LogP) is 4.13. The van der Waals surface area contributed by atoms with Gasteiger partial charge in [-0.15, -0.1) is 11.3 Å². The average Bonchev–Trinajstić information content (AvgIpc) is 3.11. The zero-order chi connectivity index (χ0) is 12.8. The van der Waals surface area contributed by atoms with E-state index in [1.807, 2.05) is 34.3 Å². The summed E-state index contributed by atoms with van der Waals surface area (Å²) in [6.45, 7) is 0. The van der Waals surface area contributed by atoms with E-state index >= 15 is 0 Å². The van der Waals surface area contributed by atoms with Crippen molar-refractivity contribution in [2.75, 3.05) is 0 Å². The first-order valence-electron chi connectivity index (χ1n) is 5.76. The number of thioether (sulfide) groups is 4. The van der Waals surface area contributed by atoms with Gasteiger partial charge < -0.3 is 0 Å². The van der Waals surface area contributed by atoms with E-state index in [9.17, 15) is 4.79 Å². The molecule has 0 unspecified atom stereocenters. The molecule has 3 heterocycles. The van der Waals surface area contributed by atoms with Crippen LogP contribution in [-0.2, 0) is 0 Å². The second-order valence-corrected chi connectivity index (χ2v) is 10.9. The van der Waals surface area contributed by atoms with Crippen LogP contribution in [0.5, 0.6) is 0 Å².